The lowest BCUT2D eigenvalue weighted by atomic mass is 10.2. The van der Waals surface area contributed by atoms with E-state index in [0.29, 0.717) is 30.1 Å². The first-order valence-electron chi connectivity index (χ1n) is 6.10. The summed E-state index contributed by atoms with van der Waals surface area (Å²) in [6.45, 7) is 2.24. The van der Waals surface area contributed by atoms with Crippen LogP contribution >= 0.6 is 12.4 Å². The normalized spacial score (nSPS) is 18.4. The van der Waals surface area contributed by atoms with E-state index in [1.807, 2.05) is 0 Å². The Kier molecular flexibility index (Phi) is 4.95. The van der Waals surface area contributed by atoms with Gasteiger partial charge in [0.25, 0.3) is 0 Å². The highest BCUT2D eigenvalue weighted by molar-refractivity contribution is 5.85. The number of nitrogens with zero attached hydrogens (tertiary/aromatic N) is 2. The summed E-state index contributed by atoms with van der Waals surface area (Å²) in [5, 5.41) is 7.11. The molecule has 1 unspecified atom stereocenters. The third-order valence-electron chi connectivity index (χ3n) is 2.88. The molecule has 0 bridgehead atoms. The molecule has 1 atom stereocenters. The summed E-state index contributed by atoms with van der Waals surface area (Å²) in [7, 11) is 0. The second-order valence-corrected chi connectivity index (χ2v) is 4.25. The SMILES string of the molecule is Cl.c1coc(-c2noc(CNCC3CCCO3)n2)c1. The number of nitrogens with one attached hydrogen (secondary N) is 1. The van der Waals surface area contributed by atoms with Gasteiger partial charge in [0, 0.05) is 13.2 Å². The third-order valence-corrected chi connectivity index (χ3v) is 2.88. The van der Waals surface area contributed by atoms with Crippen LogP contribution in [0.25, 0.3) is 11.6 Å². The number of aromatic nitrogens is 2. The van der Waals surface area contributed by atoms with Crippen LogP contribution < -0.4 is 5.32 Å². The van der Waals surface area contributed by atoms with Gasteiger partial charge in [0.2, 0.25) is 11.7 Å². The van der Waals surface area contributed by atoms with Gasteiger partial charge >= 0.3 is 0 Å². The minimum atomic E-state index is 0. The molecular weight excluding hydrogens is 270 g/mol. The van der Waals surface area contributed by atoms with Crippen molar-refractivity contribution in [3.05, 3.63) is 24.3 Å². The Morgan fingerprint density at radius 2 is 2.37 bits per heavy atom. The zero-order valence-electron chi connectivity index (χ0n) is 10.4. The highest BCUT2D eigenvalue weighted by Crippen LogP contribution is 2.15. The maximum atomic E-state index is 5.51. The van der Waals surface area contributed by atoms with E-state index in [0.717, 1.165) is 26.0 Å². The van der Waals surface area contributed by atoms with E-state index in [-0.39, 0.29) is 12.4 Å². The monoisotopic (exact) mass is 285 g/mol. The van der Waals surface area contributed by atoms with Crippen molar-refractivity contribution in [1.82, 2.24) is 15.5 Å². The van der Waals surface area contributed by atoms with Crippen molar-refractivity contribution < 1.29 is 13.7 Å². The molecule has 0 aromatic carbocycles. The molecule has 0 spiro atoms. The number of rotatable bonds is 5. The first-order valence-corrected chi connectivity index (χ1v) is 6.10. The van der Waals surface area contributed by atoms with Gasteiger partial charge in [-0.05, 0) is 25.0 Å². The molecule has 0 aliphatic carbocycles. The molecule has 19 heavy (non-hydrogen) atoms. The van der Waals surface area contributed by atoms with Crippen LogP contribution in [0.3, 0.4) is 0 Å². The molecular formula is C12H16ClN3O3. The minimum Gasteiger partial charge on any atom is -0.461 e. The highest BCUT2D eigenvalue weighted by atomic mass is 35.5. The van der Waals surface area contributed by atoms with Crippen molar-refractivity contribution in [3.8, 4) is 11.6 Å². The second-order valence-electron chi connectivity index (χ2n) is 4.25. The topological polar surface area (TPSA) is 73.3 Å². The Hall–Kier alpha value is -1.37. The summed E-state index contributed by atoms with van der Waals surface area (Å²) in [6.07, 6.45) is 4.17. The molecule has 2 aromatic rings. The van der Waals surface area contributed by atoms with Gasteiger partial charge < -0.3 is 19.0 Å². The van der Waals surface area contributed by atoms with Gasteiger partial charge in [0.05, 0.1) is 18.9 Å². The standard InChI is InChI=1S/C12H15N3O3.ClH/c1-3-9(16-5-1)7-13-8-11-14-12(15-18-11)10-4-2-6-17-10;/h2,4,6,9,13H,1,3,5,7-8H2;1H. The molecule has 3 heterocycles. The zero-order chi connectivity index (χ0) is 12.2. The van der Waals surface area contributed by atoms with Crippen LogP contribution in [-0.4, -0.2) is 29.4 Å². The average Bonchev–Trinajstić information content (AvgIpc) is 3.12. The van der Waals surface area contributed by atoms with Gasteiger partial charge in [-0.2, -0.15) is 4.98 Å². The van der Waals surface area contributed by atoms with Crippen LogP contribution in [0.15, 0.2) is 27.3 Å². The molecule has 1 aliphatic heterocycles. The van der Waals surface area contributed by atoms with E-state index in [1.54, 1.807) is 18.4 Å². The molecule has 1 saturated heterocycles. The number of hydrogen-bond donors (Lipinski definition) is 1. The van der Waals surface area contributed by atoms with Gasteiger partial charge in [-0.3, -0.25) is 0 Å². The Morgan fingerprint density at radius 1 is 1.42 bits per heavy atom. The Morgan fingerprint density at radius 3 is 3.11 bits per heavy atom. The van der Waals surface area contributed by atoms with Gasteiger partial charge in [-0.25, -0.2) is 0 Å². The van der Waals surface area contributed by atoms with E-state index < -0.39 is 0 Å². The van der Waals surface area contributed by atoms with Crippen molar-refractivity contribution in [2.24, 2.45) is 0 Å². The maximum Gasteiger partial charge on any atom is 0.241 e. The Bertz CT molecular complexity index is 480. The quantitative estimate of drug-likeness (QED) is 0.906. The molecule has 104 valence electrons. The van der Waals surface area contributed by atoms with Crippen LogP contribution in [0.4, 0.5) is 0 Å². The van der Waals surface area contributed by atoms with Crippen LogP contribution in [-0.2, 0) is 11.3 Å². The van der Waals surface area contributed by atoms with Crippen molar-refractivity contribution in [1.29, 1.82) is 0 Å². The van der Waals surface area contributed by atoms with Gasteiger partial charge in [0.15, 0.2) is 5.76 Å². The lowest BCUT2D eigenvalue weighted by Crippen LogP contribution is -2.25. The molecule has 1 fully saturated rings. The van der Waals surface area contributed by atoms with Crippen LogP contribution in [0.5, 0.6) is 0 Å². The predicted molar refractivity (Wildman–Crippen MR) is 69.9 cm³/mol. The molecule has 1 aliphatic rings. The smallest absolute Gasteiger partial charge is 0.241 e. The largest absolute Gasteiger partial charge is 0.461 e. The van der Waals surface area contributed by atoms with Crippen molar-refractivity contribution in [2.75, 3.05) is 13.2 Å². The third kappa shape index (κ3) is 3.56. The summed E-state index contributed by atoms with van der Waals surface area (Å²) in [4.78, 5) is 4.24. The molecule has 3 rings (SSSR count). The molecule has 6 nitrogen and oxygen atoms in total. The summed E-state index contributed by atoms with van der Waals surface area (Å²) in [5.74, 6) is 1.65. The number of furan rings is 1. The molecule has 0 radical (unpaired) electrons. The van der Waals surface area contributed by atoms with E-state index in [9.17, 15) is 0 Å². The fourth-order valence-electron chi connectivity index (χ4n) is 1.98. The fourth-order valence-corrected chi connectivity index (χ4v) is 1.98. The van der Waals surface area contributed by atoms with Crippen molar-refractivity contribution >= 4 is 12.4 Å². The van der Waals surface area contributed by atoms with Gasteiger partial charge in [0.1, 0.15) is 0 Å². The van der Waals surface area contributed by atoms with Crippen molar-refractivity contribution in [3.63, 3.8) is 0 Å². The lowest BCUT2D eigenvalue weighted by molar-refractivity contribution is 0.109. The number of hydrogen-bond acceptors (Lipinski definition) is 6. The average molecular weight is 286 g/mol. The highest BCUT2D eigenvalue weighted by Gasteiger charge is 2.15. The lowest BCUT2D eigenvalue weighted by Gasteiger charge is -2.08. The predicted octanol–water partition coefficient (Wildman–Crippen LogP) is 2.02. The van der Waals surface area contributed by atoms with Crippen LogP contribution in [0.2, 0.25) is 0 Å². The van der Waals surface area contributed by atoms with Crippen molar-refractivity contribution in [2.45, 2.75) is 25.5 Å². The minimum absolute atomic E-state index is 0. The Labute approximate surface area is 116 Å². The molecule has 7 heteroatoms. The fraction of sp³-hybridized carbons (Fsp3) is 0.500. The summed E-state index contributed by atoms with van der Waals surface area (Å²) in [6, 6.07) is 3.59. The number of halogens is 1. The zero-order valence-corrected chi connectivity index (χ0v) is 11.2. The summed E-state index contributed by atoms with van der Waals surface area (Å²) < 4.78 is 15.8. The Balaban J connectivity index is 0.00000133. The molecule has 2 aromatic heterocycles. The molecule has 1 N–H and O–H groups in total. The molecule has 0 saturated carbocycles. The molecule has 0 amide bonds. The first-order chi connectivity index (χ1) is 8.92. The number of ether oxygens (including phenoxy) is 1. The summed E-state index contributed by atoms with van der Waals surface area (Å²) in [5.41, 5.74) is 0. The van der Waals surface area contributed by atoms with E-state index in [2.05, 4.69) is 15.5 Å². The van der Waals surface area contributed by atoms with Gasteiger partial charge in [-0.1, -0.05) is 5.16 Å². The summed E-state index contributed by atoms with van der Waals surface area (Å²) >= 11 is 0. The van der Waals surface area contributed by atoms with E-state index in [1.165, 1.54) is 0 Å². The van der Waals surface area contributed by atoms with E-state index >= 15 is 0 Å². The second kappa shape index (κ2) is 6.70. The van der Waals surface area contributed by atoms with Crippen LogP contribution in [0.1, 0.15) is 18.7 Å². The maximum absolute atomic E-state index is 5.51. The first kappa shape index (κ1) is 14.0. The van der Waals surface area contributed by atoms with E-state index in [4.69, 9.17) is 13.7 Å². The van der Waals surface area contributed by atoms with Gasteiger partial charge in [-0.15, -0.1) is 12.4 Å². The van der Waals surface area contributed by atoms with Crippen LogP contribution in [0, 0.1) is 0 Å².